The summed E-state index contributed by atoms with van der Waals surface area (Å²) in [6, 6.07) is 18.8. The van der Waals surface area contributed by atoms with E-state index in [1.54, 1.807) is 42.5 Å². The lowest BCUT2D eigenvalue weighted by Crippen LogP contribution is -2.17. The van der Waals surface area contributed by atoms with E-state index in [0.717, 1.165) is 22.5 Å². The van der Waals surface area contributed by atoms with Crippen LogP contribution in [0.25, 0.3) is 16.8 Å². The van der Waals surface area contributed by atoms with Crippen LogP contribution < -0.4 is 9.50 Å². The lowest BCUT2D eigenvalue weighted by molar-refractivity contribution is -0.115. The molecule has 140 valence electrons. The summed E-state index contributed by atoms with van der Waals surface area (Å²) in [4.78, 5) is 12.3. The first-order valence-electron chi connectivity index (χ1n) is 8.19. The SMILES string of the molecule is O=C1NC(=S)S/C1=C\c1cccc(OS(=O)(=O)c2ccc3ccccc3c2)c1. The predicted octanol–water partition coefficient (Wildman–Crippen LogP) is 4.10. The Kier molecular flexibility index (Phi) is 4.92. The average Bonchev–Trinajstić information content (AvgIpc) is 2.98. The van der Waals surface area contributed by atoms with Gasteiger partial charge in [0, 0.05) is 0 Å². The molecule has 1 amide bonds. The fraction of sp³-hybridized carbons (Fsp3) is 0. The van der Waals surface area contributed by atoms with Crippen LogP contribution in [0.2, 0.25) is 0 Å². The molecule has 1 saturated heterocycles. The molecular weight excluding hydrogens is 414 g/mol. The number of carbonyl (C=O) groups excluding carboxylic acids is 1. The Labute approximate surface area is 171 Å². The number of amides is 1. The Hall–Kier alpha value is -2.68. The van der Waals surface area contributed by atoms with Gasteiger partial charge in [0.1, 0.15) is 15.0 Å². The molecule has 0 unspecified atom stereocenters. The third kappa shape index (κ3) is 3.94. The molecule has 28 heavy (non-hydrogen) atoms. The number of carbonyl (C=O) groups is 1. The third-order valence-corrected chi connectivity index (χ3v) is 6.42. The van der Waals surface area contributed by atoms with Gasteiger partial charge in [-0.1, -0.05) is 66.4 Å². The molecule has 3 aromatic carbocycles. The van der Waals surface area contributed by atoms with Crippen molar-refractivity contribution >= 4 is 61.2 Å². The van der Waals surface area contributed by atoms with Crippen LogP contribution in [0.4, 0.5) is 0 Å². The molecule has 0 bridgehead atoms. The lowest BCUT2D eigenvalue weighted by Gasteiger charge is -2.08. The minimum atomic E-state index is -3.99. The normalized spacial score (nSPS) is 15.8. The van der Waals surface area contributed by atoms with E-state index in [1.807, 2.05) is 24.3 Å². The quantitative estimate of drug-likeness (QED) is 0.384. The van der Waals surface area contributed by atoms with E-state index in [1.165, 1.54) is 6.07 Å². The highest BCUT2D eigenvalue weighted by molar-refractivity contribution is 8.26. The molecule has 1 N–H and O–H groups in total. The fourth-order valence-electron chi connectivity index (χ4n) is 2.73. The second-order valence-corrected chi connectivity index (χ2v) is 9.24. The molecule has 8 heteroatoms. The van der Waals surface area contributed by atoms with Gasteiger partial charge in [0.25, 0.3) is 5.91 Å². The van der Waals surface area contributed by atoms with Gasteiger partial charge in [-0.2, -0.15) is 8.42 Å². The topological polar surface area (TPSA) is 72.5 Å². The Balaban J connectivity index is 1.62. The number of thiocarbonyl (C=S) groups is 1. The van der Waals surface area contributed by atoms with E-state index in [4.69, 9.17) is 16.4 Å². The van der Waals surface area contributed by atoms with Crippen LogP contribution in [-0.2, 0) is 14.9 Å². The van der Waals surface area contributed by atoms with Crippen LogP contribution >= 0.6 is 24.0 Å². The first-order chi connectivity index (χ1) is 13.4. The van der Waals surface area contributed by atoms with Crippen LogP contribution in [0, 0.1) is 0 Å². The molecule has 0 saturated carbocycles. The second kappa shape index (κ2) is 7.38. The first kappa shape index (κ1) is 18.7. The lowest BCUT2D eigenvalue weighted by atomic mass is 10.1. The predicted molar refractivity (Wildman–Crippen MR) is 115 cm³/mol. The molecule has 0 spiro atoms. The molecule has 1 aliphatic heterocycles. The van der Waals surface area contributed by atoms with E-state index in [0.29, 0.717) is 14.8 Å². The maximum absolute atomic E-state index is 12.7. The fourth-order valence-corrected chi connectivity index (χ4v) is 4.73. The Morgan fingerprint density at radius 1 is 0.964 bits per heavy atom. The van der Waals surface area contributed by atoms with Gasteiger partial charge in [-0.3, -0.25) is 4.79 Å². The summed E-state index contributed by atoms with van der Waals surface area (Å²) < 4.78 is 31.0. The van der Waals surface area contributed by atoms with E-state index < -0.39 is 10.1 Å². The monoisotopic (exact) mass is 427 g/mol. The summed E-state index contributed by atoms with van der Waals surface area (Å²) in [6.07, 6.45) is 1.63. The van der Waals surface area contributed by atoms with Crippen molar-refractivity contribution in [1.82, 2.24) is 5.32 Å². The molecule has 1 fully saturated rings. The van der Waals surface area contributed by atoms with Crippen LogP contribution in [0.15, 0.2) is 76.5 Å². The van der Waals surface area contributed by atoms with Gasteiger partial charge >= 0.3 is 10.1 Å². The third-order valence-electron chi connectivity index (χ3n) is 4.01. The molecule has 4 rings (SSSR count). The van der Waals surface area contributed by atoms with Crippen molar-refractivity contribution in [3.63, 3.8) is 0 Å². The van der Waals surface area contributed by atoms with Crippen molar-refractivity contribution < 1.29 is 17.4 Å². The van der Waals surface area contributed by atoms with Crippen molar-refractivity contribution in [3.05, 3.63) is 77.2 Å². The van der Waals surface area contributed by atoms with Crippen molar-refractivity contribution in [2.24, 2.45) is 0 Å². The maximum Gasteiger partial charge on any atom is 0.339 e. The number of rotatable bonds is 4. The molecule has 1 aliphatic rings. The minimum Gasteiger partial charge on any atom is -0.379 e. The standard InChI is InChI=1S/C20H13NO4S3/c22-19-18(27-20(26)21-19)11-13-4-3-7-16(10-13)25-28(23,24)17-9-8-14-5-1-2-6-15(14)12-17/h1-12H,(H,21,22,26)/b18-11-. The van der Waals surface area contributed by atoms with Crippen molar-refractivity contribution in [3.8, 4) is 5.75 Å². The van der Waals surface area contributed by atoms with Gasteiger partial charge < -0.3 is 9.50 Å². The molecule has 0 atom stereocenters. The smallest absolute Gasteiger partial charge is 0.339 e. The average molecular weight is 428 g/mol. The molecule has 0 aromatic heterocycles. The van der Waals surface area contributed by atoms with Crippen molar-refractivity contribution in [2.75, 3.05) is 0 Å². The van der Waals surface area contributed by atoms with Gasteiger partial charge in [0.2, 0.25) is 0 Å². The number of benzene rings is 3. The van der Waals surface area contributed by atoms with Crippen LogP contribution in [0.5, 0.6) is 5.75 Å². The summed E-state index contributed by atoms with van der Waals surface area (Å²) in [5.74, 6) is -0.112. The number of fused-ring (bicyclic) bond motifs is 1. The maximum atomic E-state index is 12.7. The zero-order valence-corrected chi connectivity index (χ0v) is 16.7. The first-order valence-corrected chi connectivity index (χ1v) is 10.8. The number of hydrogen-bond donors (Lipinski definition) is 1. The van der Waals surface area contributed by atoms with E-state index in [9.17, 15) is 13.2 Å². The second-order valence-electron chi connectivity index (χ2n) is 5.97. The van der Waals surface area contributed by atoms with Crippen molar-refractivity contribution in [1.29, 1.82) is 0 Å². The largest absolute Gasteiger partial charge is 0.379 e. The Morgan fingerprint density at radius 3 is 2.50 bits per heavy atom. The number of thioether (sulfide) groups is 1. The molecule has 3 aromatic rings. The highest BCUT2D eigenvalue weighted by Crippen LogP contribution is 2.28. The summed E-state index contributed by atoms with van der Waals surface area (Å²) >= 11 is 6.12. The molecular formula is C20H13NO4S3. The molecule has 0 aliphatic carbocycles. The highest BCUT2D eigenvalue weighted by Gasteiger charge is 2.22. The van der Waals surface area contributed by atoms with Gasteiger partial charge in [-0.15, -0.1) is 0 Å². The number of nitrogens with one attached hydrogen (secondary N) is 1. The van der Waals surface area contributed by atoms with Gasteiger partial charge in [-0.25, -0.2) is 0 Å². The zero-order valence-electron chi connectivity index (χ0n) is 14.3. The Morgan fingerprint density at radius 2 is 1.75 bits per heavy atom. The summed E-state index contributed by atoms with van der Waals surface area (Å²) in [5, 5.41) is 4.29. The molecule has 5 nitrogen and oxygen atoms in total. The van der Waals surface area contributed by atoms with E-state index in [-0.39, 0.29) is 16.6 Å². The van der Waals surface area contributed by atoms with Crippen LogP contribution in [0.3, 0.4) is 0 Å². The molecule has 0 radical (unpaired) electrons. The van der Waals surface area contributed by atoms with E-state index >= 15 is 0 Å². The Bertz CT molecular complexity index is 1250. The highest BCUT2D eigenvalue weighted by atomic mass is 32.2. The summed E-state index contributed by atoms with van der Waals surface area (Å²) in [6.45, 7) is 0. The van der Waals surface area contributed by atoms with Crippen molar-refractivity contribution in [2.45, 2.75) is 4.90 Å². The van der Waals surface area contributed by atoms with Gasteiger partial charge in [-0.05, 0) is 46.7 Å². The summed E-state index contributed by atoms with van der Waals surface area (Å²) in [7, 11) is -3.99. The van der Waals surface area contributed by atoms with Crippen LogP contribution in [0.1, 0.15) is 5.56 Å². The van der Waals surface area contributed by atoms with Gasteiger partial charge in [0.15, 0.2) is 0 Å². The van der Waals surface area contributed by atoms with Gasteiger partial charge in [0.05, 0.1) is 4.91 Å². The minimum absolute atomic E-state index is 0.0750. The van der Waals surface area contributed by atoms with E-state index in [2.05, 4.69) is 5.32 Å². The number of hydrogen-bond acceptors (Lipinski definition) is 6. The van der Waals surface area contributed by atoms with Crippen LogP contribution in [-0.4, -0.2) is 18.6 Å². The molecule has 1 heterocycles. The summed E-state index contributed by atoms with van der Waals surface area (Å²) in [5.41, 5.74) is 0.633. The zero-order chi connectivity index (χ0) is 19.7.